The molecule has 2 rings (SSSR count). The molecule has 2 amide bonds. The second-order valence-corrected chi connectivity index (χ2v) is 4.76. The normalized spacial score (nSPS) is 14.8. The summed E-state index contributed by atoms with van der Waals surface area (Å²) in [4.78, 5) is 26.6. The number of rotatable bonds is 4. The predicted molar refractivity (Wildman–Crippen MR) is 72.0 cm³/mol. The van der Waals surface area contributed by atoms with E-state index < -0.39 is 11.7 Å². The molecule has 6 heteroatoms. The molecular weight excluding hydrogens is 263 g/mol. The van der Waals surface area contributed by atoms with Gasteiger partial charge < -0.3 is 14.9 Å². The molecule has 0 spiro atoms. The molecule has 1 N–H and O–H groups in total. The molecule has 0 bridgehead atoms. The Kier molecular flexibility index (Phi) is 4.34. The topological polar surface area (TPSA) is 60.9 Å². The number of aliphatic hydroxyl groups is 1. The van der Waals surface area contributed by atoms with E-state index in [0.717, 1.165) is 6.42 Å². The second-order valence-electron chi connectivity index (χ2n) is 4.76. The number of halogens is 1. The van der Waals surface area contributed by atoms with Gasteiger partial charge in [0, 0.05) is 32.2 Å². The van der Waals surface area contributed by atoms with Crippen LogP contribution in [0, 0.1) is 5.82 Å². The summed E-state index contributed by atoms with van der Waals surface area (Å²) in [5, 5.41) is 8.82. The summed E-state index contributed by atoms with van der Waals surface area (Å²) in [5.41, 5.74) is 0.452. The molecule has 1 heterocycles. The lowest BCUT2D eigenvalue weighted by Crippen LogP contribution is -2.30. The van der Waals surface area contributed by atoms with Crippen LogP contribution in [0.1, 0.15) is 23.2 Å². The van der Waals surface area contributed by atoms with Crippen LogP contribution >= 0.6 is 0 Å². The Hall–Kier alpha value is -1.95. The molecule has 0 atom stereocenters. The summed E-state index contributed by atoms with van der Waals surface area (Å²) < 4.78 is 13.8. The van der Waals surface area contributed by atoms with E-state index in [-0.39, 0.29) is 24.6 Å². The maximum Gasteiger partial charge on any atom is 0.256 e. The highest BCUT2D eigenvalue weighted by Crippen LogP contribution is 2.24. The molecule has 1 saturated heterocycles. The van der Waals surface area contributed by atoms with E-state index in [2.05, 4.69) is 0 Å². The van der Waals surface area contributed by atoms with Crippen molar-refractivity contribution in [3.05, 3.63) is 29.6 Å². The fraction of sp³-hybridized carbons (Fsp3) is 0.429. The first-order chi connectivity index (χ1) is 9.54. The number of likely N-dealkylation sites (N-methyl/N-ethyl adjacent to an activating group) is 1. The van der Waals surface area contributed by atoms with Crippen LogP contribution < -0.4 is 4.90 Å². The van der Waals surface area contributed by atoms with Crippen LogP contribution in [-0.4, -0.2) is 48.6 Å². The number of carbonyl (C=O) groups excluding carboxylic acids is 2. The van der Waals surface area contributed by atoms with Gasteiger partial charge in [-0.15, -0.1) is 0 Å². The summed E-state index contributed by atoms with van der Waals surface area (Å²) in [6.45, 7) is 0.532. The van der Waals surface area contributed by atoms with E-state index in [9.17, 15) is 14.0 Å². The molecule has 0 aliphatic carbocycles. The van der Waals surface area contributed by atoms with Crippen molar-refractivity contribution >= 4 is 17.5 Å². The molecule has 5 nitrogen and oxygen atoms in total. The Labute approximate surface area is 116 Å². The molecule has 1 fully saturated rings. The first-order valence-electron chi connectivity index (χ1n) is 6.51. The molecular formula is C14H17FN2O3. The van der Waals surface area contributed by atoms with Gasteiger partial charge in [0.1, 0.15) is 5.82 Å². The van der Waals surface area contributed by atoms with Gasteiger partial charge in [0.05, 0.1) is 12.2 Å². The molecule has 1 aliphatic rings. The first-order valence-corrected chi connectivity index (χ1v) is 6.51. The van der Waals surface area contributed by atoms with Crippen LogP contribution in [0.3, 0.4) is 0 Å². The van der Waals surface area contributed by atoms with E-state index >= 15 is 0 Å². The van der Waals surface area contributed by atoms with Crippen LogP contribution in [0.25, 0.3) is 0 Å². The third-order valence-electron chi connectivity index (χ3n) is 3.35. The van der Waals surface area contributed by atoms with Crippen molar-refractivity contribution in [3.8, 4) is 0 Å². The lowest BCUT2D eigenvalue weighted by atomic mass is 10.1. The van der Waals surface area contributed by atoms with Crippen LogP contribution in [0.4, 0.5) is 10.1 Å². The third-order valence-corrected chi connectivity index (χ3v) is 3.35. The van der Waals surface area contributed by atoms with E-state index in [1.165, 1.54) is 30.1 Å². The lowest BCUT2D eigenvalue weighted by Gasteiger charge is -2.19. The van der Waals surface area contributed by atoms with E-state index in [1.807, 2.05) is 0 Å². The first kappa shape index (κ1) is 14.5. The summed E-state index contributed by atoms with van der Waals surface area (Å²) in [6.07, 6.45) is 1.25. The lowest BCUT2D eigenvalue weighted by molar-refractivity contribution is -0.117. The number of nitrogens with zero attached hydrogens (tertiary/aromatic N) is 2. The molecule has 0 radical (unpaired) electrons. The Morgan fingerprint density at radius 2 is 2.25 bits per heavy atom. The maximum atomic E-state index is 13.8. The predicted octanol–water partition coefficient (Wildman–Crippen LogP) is 1.02. The second kappa shape index (κ2) is 6.00. The zero-order valence-corrected chi connectivity index (χ0v) is 11.3. The smallest absolute Gasteiger partial charge is 0.256 e. The van der Waals surface area contributed by atoms with Gasteiger partial charge in [-0.05, 0) is 24.6 Å². The average molecular weight is 280 g/mol. The van der Waals surface area contributed by atoms with Gasteiger partial charge in [-0.25, -0.2) is 4.39 Å². The van der Waals surface area contributed by atoms with Gasteiger partial charge in [0.25, 0.3) is 5.91 Å². The number of hydrogen-bond donors (Lipinski definition) is 1. The minimum atomic E-state index is -0.629. The number of carbonyl (C=O) groups is 2. The number of hydrogen-bond acceptors (Lipinski definition) is 3. The number of benzene rings is 1. The minimum absolute atomic E-state index is 0.0151. The molecule has 0 aromatic heterocycles. The standard InChI is InChI=1S/C14H17FN2O3/c1-16(7-8-18)14(20)11-9-10(4-5-12(11)15)17-6-2-3-13(17)19/h4-5,9,18H,2-3,6-8H2,1H3. The Morgan fingerprint density at radius 3 is 2.85 bits per heavy atom. The summed E-state index contributed by atoms with van der Waals surface area (Å²) in [5.74, 6) is -1.15. The van der Waals surface area contributed by atoms with Crippen LogP contribution in [-0.2, 0) is 4.79 Å². The zero-order valence-electron chi connectivity index (χ0n) is 11.3. The molecule has 1 aromatic carbocycles. The molecule has 0 saturated carbocycles. The average Bonchev–Trinajstić information content (AvgIpc) is 2.85. The SMILES string of the molecule is CN(CCO)C(=O)c1cc(N2CCCC2=O)ccc1F. The van der Waals surface area contributed by atoms with Gasteiger partial charge in [-0.3, -0.25) is 9.59 Å². The highest BCUT2D eigenvalue weighted by atomic mass is 19.1. The molecule has 1 aromatic rings. The summed E-state index contributed by atoms with van der Waals surface area (Å²) in [7, 11) is 1.49. The van der Waals surface area contributed by atoms with Gasteiger partial charge in [0.15, 0.2) is 0 Å². The van der Waals surface area contributed by atoms with Crippen molar-refractivity contribution in [1.29, 1.82) is 0 Å². The Bertz CT molecular complexity index is 533. The largest absolute Gasteiger partial charge is 0.395 e. The molecule has 108 valence electrons. The molecule has 1 aliphatic heterocycles. The van der Waals surface area contributed by atoms with E-state index in [1.54, 1.807) is 4.90 Å². The Balaban J connectivity index is 2.29. The van der Waals surface area contributed by atoms with Crippen molar-refractivity contribution < 1.29 is 19.1 Å². The van der Waals surface area contributed by atoms with Crippen molar-refractivity contribution in [1.82, 2.24) is 4.90 Å². The monoisotopic (exact) mass is 280 g/mol. The number of aliphatic hydroxyl groups excluding tert-OH is 1. The van der Waals surface area contributed by atoms with Crippen molar-refractivity contribution in [2.45, 2.75) is 12.8 Å². The molecule has 0 unspecified atom stereocenters. The highest BCUT2D eigenvalue weighted by Gasteiger charge is 2.24. The Morgan fingerprint density at radius 1 is 1.50 bits per heavy atom. The number of anilines is 1. The summed E-state index contributed by atoms with van der Waals surface area (Å²) in [6, 6.07) is 4.09. The van der Waals surface area contributed by atoms with Crippen molar-refractivity contribution in [3.63, 3.8) is 0 Å². The number of amides is 2. The fourth-order valence-electron chi connectivity index (χ4n) is 2.22. The fourth-order valence-corrected chi connectivity index (χ4v) is 2.22. The maximum absolute atomic E-state index is 13.8. The zero-order chi connectivity index (χ0) is 14.7. The molecule has 20 heavy (non-hydrogen) atoms. The van der Waals surface area contributed by atoms with Gasteiger partial charge >= 0.3 is 0 Å². The van der Waals surface area contributed by atoms with E-state index in [4.69, 9.17) is 5.11 Å². The van der Waals surface area contributed by atoms with Crippen LogP contribution in [0.15, 0.2) is 18.2 Å². The van der Waals surface area contributed by atoms with Crippen molar-refractivity contribution in [2.24, 2.45) is 0 Å². The minimum Gasteiger partial charge on any atom is -0.395 e. The van der Waals surface area contributed by atoms with Crippen molar-refractivity contribution in [2.75, 3.05) is 31.6 Å². The quantitative estimate of drug-likeness (QED) is 0.895. The van der Waals surface area contributed by atoms with Crippen LogP contribution in [0.5, 0.6) is 0 Å². The van der Waals surface area contributed by atoms with Gasteiger partial charge in [-0.1, -0.05) is 0 Å². The van der Waals surface area contributed by atoms with Gasteiger partial charge in [-0.2, -0.15) is 0 Å². The third kappa shape index (κ3) is 2.80. The van der Waals surface area contributed by atoms with Gasteiger partial charge in [0.2, 0.25) is 5.91 Å². The summed E-state index contributed by atoms with van der Waals surface area (Å²) >= 11 is 0. The van der Waals surface area contributed by atoms with E-state index in [0.29, 0.717) is 18.7 Å². The van der Waals surface area contributed by atoms with Crippen LogP contribution in [0.2, 0.25) is 0 Å². The highest BCUT2D eigenvalue weighted by molar-refractivity contribution is 5.99.